The van der Waals surface area contributed by atoms with Crippen molar-refractivity contribution in [2.45, 2.75) is 59.0 Å². The van der Waals surface area contributed by atoms with Gasteiger partial charge in [-0.25, -0.2) is 9.98 Å². The van der Waals surface area contributed by atoms with Gasteiger partial charge in [0.15, 0.2) is 0 Å². The van der Waals surface area contributed by atoms with Crippen molar-refractivity contribution in [3.05, 3.63) is 108 Å². The Morgan fingerprint density at radius 1 is 0.524 bits per heavy atom. The summed E-state index contributed by atoms with van der Waals surface area (Å²) < 4.78 is -2.85. The van der Waals surface area contributed by atoms with E-state index in [2.05, 4.69) is 48.5 Å². The molecule has 1 fully saturated rings. The molecular weight excluding hydrogens is 649 g/mol. The molecule has 0 spiro atoms. The van der Waals surface area contributed by atoms with Gasteiger partial charge >= 0.3 is 0 Å². The molecule has 0 amide bonds. The normalized spacial score (nSPS) is 25.5. The second kappa shape index (κ2) is 12.1. The van der Waals surface area contributed by atoms with Gasteiger partial charge in [-0.1, -0.05) is 137 Å². The summed E-state index contributed by atoms with van der Waals surface area (Å²) in [7, 11) is 0. The minimum absolute atomic E-state index is 0.0384. The highest BCUT2D eigenvalue weighted by molar-refractivity contribution is 6.68. The topological polar surface area (TPSA) is 24.7 Å². The Morgan fingerprint density at radius 3 is 1.17 bits per heavy atom. The number of aliphatic imine (C=N–C) groups is 2. The number of allylic oxidation sites excluding steroid dienone is 8. The monoisotopic (exact) mass is 678 g/mol. The SMILES string of the molecule is CC1(C(Cl)(Cl)Cl)C=CC(=Nc2ccc(C3(c4ccc(N=C5C=CC(C)(C(Cl)(Cl)Cl)C=C5)cc4)CCCCC3)cc2)C=C1. The van der Waals surface area contributed by atoms with Crippen molar-refractivity contribution in [1.29, 1.82) is 0 Å². The van der Waals surface area contributed by atoms with E-state index in [0.717, 1.165) is 35.6 Å². The summed E-state index contributed by atoms with van der Waals surface area (Å²) in [6.07, 6.45) is 21.0. The molecule has 2 aromatic carbocycles. The first-order valence-electron chi connectivity index (χ1n) is 14.0. The lowest BCUT2D eigenvalue weighted by Gasteiger charge is -2.38. The molecule has 8 heteroatoms. The zero-order valence-electron chi connectivity index (χ0n) is 23.4. The van der Waals surface area contributed by atoms with E-state index in [9.17, 15) is 0 Å². The van der Waals surface area contributed by atoms with Gasteiger partial charge in [0.1, 0.15) is 0 Å². The quantitative estimate of drug-likeness (QED) is 0.287. The number of halogens is 6. The van der Waals surface area contributed by atoms with Gasteiger partial charge in [0.25, 0.3) is 0 Å². The van der Waals surface area contributed by atoms with Crippen molar-refractivity contribution < 1.29 is 0 Å². The van der Waals surface area contributed by atoms with Gasteiger partial charge < -0.3 is 0 Å². The zero-order valence-corrected chi connectivity index (χ0v) is 28.0. The highest BCUT2D eigenvalue weighted by Gasteiger charge is 2.42. The van der Waals surface area contributed by atoms with Crippen LogP contribution in [0.5, 0.6) is 0 Å². The molecular formula is C34H32Cl6N2. The van der Waals surface area contributed by atoms with Crippen LogP contribution in [0.3, 0.4) is 0 Å². The predicted octanol–water partition coefficient (Wildman–Crippen LogP) is 12.1. The summed E-state index contributed by atoms with van der Waals surface area (Å²) >= 11 is 36.9. The number of hydrogen-bond donors (Lipinski definition) is 0. The zero-order chi connectivity index (χ0) is 30.2. The molecule has 0 heterocycles. The molecule has 3 aliphatic rings. The van der Waals surface area contributed by atoms with Crippen LogP contribution in [-0.2, 0) is 5.41 Å². The molecule has 2 nitrogen and oxygen atoms in total. The van der Waals surface area contributed by atoms with E-state index in [1.807, 2.05) is 62.5 Å². The van der Waals surface area contributed by atoms with Crippen molar-refractivity contribution in [3.63, 3.8) is 0 Å². The molecule has 0 N–H and O–H groups in total. The summed E-state index contributed by atoms with van der Waals surface area (Å²) in [5.41, 5.74) is 4.65. The van der Waals surface area contributed by atoms with Gasteiger partial charge in [0.05, 0.1) is 33.6 Å². The highest BCUT2D eigenvalue weighted by atomic mass is 35.6. The van der Waals surface area contributed by atoms with Gasteiger partial charge in [-0.3, -0.25) is 0 Å². The maximum absolute atomic E-state index is 6.16. The predicted molar refractivity (Wildman–Crippen MR) is 184 cm³/mol. The molecule has 0 saturated heterocycles. The van der Waals surface area contributed by atoms with E-state index in [-0.39, 0.29) is 5.41 Å². The van der Waals surface area contributed by atoms with E-state index >= 15 is 0 Å². The lowest BCUT2D eigenvalue weighted by Crippen LogP contribution is -2.30. The van der Waals surface area contributed by atoms with Crippen LogP contribution in [-0.4, -0.2) is 19.0 Å². The van der Waals surface area contributed by atoms with Crippen molar-refractivity contribution in [1.82, 2.24) is 0 Å². The van der Waals surface area contributed by atoms with Crippen molar-refractivity contribution in [3.8, 4) is 0 Å². The van der Waals surface area contributed by atoms with Crippen LogP contribution in [0.25, 0.3) is 0 Å². The molecule has 0 unspecified atom stereocenters. The molecule has 0 bridgehead atoms. The molecule has 3 aliphatic carbocycles. The van der Waals surface area contributed by atoms with Gasteiger partial charge in [-0.05, 0) is 86.4 Å². The third kappa shape index (κ3) is 6.60. The maximum Gasteiger partial charge on any atom is 0.202 e. The average molecular weight is 681 g/mol. The van der Waals surface area contributed by atoms with Crippen LogP contribution >= 0.6 is 69.6 Å². The summed E-state index contributed by atoms with van der Waals surface area (Å²) in [4.78, 5) is 9.61. The molecule has 0 radical (unpaired) electrons. The summed E-state index contributed by atoms with van der Waals surface area (Å²) in [6, 6.07) is 17.3. The first kappa shape index (κ1) is 31.9. The highest BCUT2D eigenvalue weighted by Crippen LogP contribution is 2.49. The maximum atomic E-state index is 6.16. The van der Waals surface area contributed by atoms with E-state index in [1.165, 1.54) is 30.4 Å². The number of alkyl halides is 6. The fourth-order valence-electron chi connectivity index (χ4n) is 5.69. The molecule has 0 aliphatic heterocycles. The van der Waals surface area contributed by atoms with Gasteiger partial charge in [-0.2, -0.15) is 0 Å². The fourth-order valence-corrected chi connectivity index (χ4v) is 6.45. The first-order valence-corrected chi connectivity index (χ1v) is 16.3. The fraction of sp³-hybridized carbons (Fsp3) is 0.353. The Hall–Kier alpha value is -1.52. The molecule has 1 saturated carbocycles. The smallest absolute Gasteiger partial charge is 0.202 e. The summed E-state index contributed by atoms with van der Waals surface area (Å²) in [5, 5.41) is 0. The molecule has 5 rings (SSSR count). The van der Waals surface area contributed by atoms with Gasteiger partial charge in [0.2, 0.25) is 7.59 Å². The molecule has 42 heavy (non-hydrogen) atoms. The van der Waals surface area contributed by atoms with Crippen molar-refractivity contribution in [2.75, 3.05) is 0 Å². The van der Waals surface area contributed by atoms with Crippen LogP contribution < -0.4 is 0 Å². The van der Waals surface area contributed by atoms with Crippen molar-refractivity contribution >= 4 is 92.4 Å². The number of rotatable bonds is 4. The average Bonchev–Trinajstić information content (AvgIpc) is 2.96. The van der Waals surface area contributed by atoms with Gasteiger partial charge in [-0.15, -0.1) is 0 Å². The lowest BCUT2D eigenvalue weighted by molar-refractivity contribution is 0.346. The first-order chi connectivity index (χ1) is 19.7. The van der Waals surface area contributed by atoms with E-state index in [1.54, 1.807) is 0 Å². The molecule has 0 aromatic heterocycles. The van der Waals surface area contributed by atoms with E-state index in [4.69, 9.17) is 79.6 Å². The Bertz CT molecular complexity index is 1340. The third-order valence-electron chi connectivity index (χ3n) is 8.69. The summed E-state index contributed by atoms with van der Waals surface area (Å²) in [5.74, 6) is 0. The number of hydrogen-bond acceptors (Lipinski definition) is 2. The second-order valence-corrected chi connectivity index (χ2v) is 16.3. The molecule has 220 valence electrons. The Balaban J connectivity index is 1.36. The second-order valence-electron chi connectivity index (χ2n) is 11.7. The minimum Gasteiger partial charge on any atom is -0.249 e. The van der Waals surface area contributed by atoms with E-state index < -0.39 is 18.4 Å². The standard InChI is InChI=1S/C34H32Cl6N2/c1-30(33(35,36)37)20-14-28(15-21-30)41-26-10-6-24(7-11-26)32(18-4-3-5-19-32)25-8-12-27(13-9-25)42-29-16-22-31(2,23-17-29)34(38,39)40/h6-17,20-23H,3-5,18-19H2,1-2H3. The van der Waals surface area contributed by atoms with Gasteiger partial charge in [0, 0.05) is 5.41 Å². The van der Waals surface area contributed by atoms with Crippen LogP contribution in [0.4, 0.5) is 11.4 Å². The van der Waals surface area contributed by atoms with Crippen LogP contribution in [0.15, 0.2) is 107 Å². The van der Waals surface area contributed by atoms with E-state index in [0.29, 0.717) is 0 Å². The van der Waals surface area contributed by atoms with Crippen LogP contribution in [0.1, 0.15) is 57.1 Å². The largest absolute Gasteiger partial charge is 0.249 e. The van der Waals surface area contributed by atoms with Crippen LogP contribution in [0.2, 0.25) is 0 Å². The summed E-state index contributed by atoms with van der Waals surface area (Å²) in [6.45, 7) is 3.77. The number of benzene rings is 2. The Kier molecular flexibility index (Phi) is 9.19. The van der Waals surface area contributed by atoms with Crippen LogP contribution in [0, 0.1) is 10.8 Å². The van der Waals surface area contributed by atoms with Crippen molar-refractivity contribution in [2.24, 2.45) is 20.8 Å². The lowest BCUT2D eigenvalue weighted by atomic mass is 9.65. The Labute approximate surface area is 278 Å². The molecule has 0 atom stereocenters. The number of nitrogens with zero attached hydrogens (tertiary/aromatic N) is 2. The Morgan fingerprint density at radius 2 is 0.857 bits per heavy atom. The third-order valence-corrected chi connectivity index (χ3v) is 11.1. The molecule has 2 aromatic rings. The minimum atomic E-state index is -1.42.